The normalized spacial score (nSPS) is 16.5. The van der Waals surface area contributed by atoms with Gasteiger partial charge in [0.25, 0.3) is 0 Å². The Kier molecular flexibility index (Phi) is 5.44. The summed E-state index contributed by atoms with van der Waals surface area (Å²) in [5, 5.41) is -0.579. The Morgan fingerprint density at radius 3 is 1.24 bits per heavy atom. The first-order chi connectivity index (χ1) is 10.4. The van der Waals surface area contributed by atoms with E-state index in [1.165, 1.54) is 0 Å². The highest BCUT2D eigenvalue weighted by atomic mass is 32.2. The second kappa shape index (κ2) is 5.69. The summed E-state index contributed by atoms with van der Waals surface area (Å²) in [4.78, 5) is 0. The summed E-state index contributed by atoms with van der Waals surface area (Å²) >= 11 is 0. The number of aliphatic hydroxyl groups is 1. The molecule has 0 rings (SSSR count). The molecule has 0 unspecified atom stereocenters. The quantitative estimate of drug-likeness (QED) is 0.398. The monoisotopic (exact) mass is 433 g/mol. The molecule has 0 spiro atoms. The van der Waals surface area contributed by atoms with E-state index >= 15 is 0 Å². The van der Waals surface area contributed by atoms with Crippen LogP contribution in [0.4, 0.5) is 61.6 Å². The summed E-state index contributed by atoms with van der Waals surface area (Å²) in [6.07, 6.45) is -14.5. The van der Waals surface area contributed by atoms with Crippen molar-refractivity contribution in [3.8, 4) is 0 Å². The lowest BCUT2D eigenvalue weighted by Gasteiger charge is -2.35. The van der Waals surface area contributed by atoms with Gasteiger partial charge in [-0.15, -0.1) is 4.48 Å². The Bertz CT molecular complexity index is 603. The van der Waals surface area contributed by atoms with Crippen LogP contribution in [0.25, 0.3) is 0 Å². The van der Waals surface area contributed by atoms with Gasteiger partial charge in [0.1, 0.15) is 0 Å². The third kappa shape index (κ3) is 3.20. The summed E-state index contributed by atoms with van der Waals surface area (Å²) in [5.41, 5.74) is 0. The zero-order valence-electron chi connectivity index (χ0n) is 10.4. The van der Waals surface area contributed by atoms with Crippen LogP contribution in [0.3, 0.4) is 0 Å². The van der Waals surface area contributed by atoms with Gasteiger partial charge in [-0.05, 0) is 0 Å². The molecule has 0 aromatic heterocycles. The smallest absolute Gasteiger partial charge is 0.330 e. The lowest BCUT2D eigenvalue weighted by atomic mass is 10.1. The van der Waals surface area contributed by atoms with Crippen LogP contribution in [0.5, 0.6) is 0 Å². The minimum absolute atomic E-state index is 4.15. The second-order valence-corrected chi connectivity index (χ2v) is 5.75. The third-order valence-corrected chi connectivity index (χ3v) is 3.79. The second-order valence-electron chi connectivity index (χ2n) is 3.97. The maximum absolute atomic E-state index is 12.9. The largest absolute Gasteiger partial charge is 0.460 e. The van der Waals surface area contributed by atoms with Gasteiger partial charge < -0.3 is 5.11 Å². The molecular formula is C6HF14NO3S. The van der Waals surface area contributed by atoms with Crippen molar-refractivity contribution in [3.05, 3.63) is 0 Å². The summed E-state index contributed by atoms with van der Waals surface area (Å²) in [5.74, 6) is -16.1. The average Bonchev–Trinajstić information content (AvgIpc) is 2.34. The molecule has 152 valence electrons. The van der Waals surface area contributed by atoms with E-state index in [-0.39, 0.29) is 0 Å². The molecule has 0 aromatic carbocycles. The highest BCUT2D eigenvalue weighted by Gasteiger charge is 2.87. The molecule has 4 nitrogen and oxygen atoms in total. The number of sulfonamides is 1. The minimum Gasteiger partial charge on any atom is -0.330 e. The SMILES string of the molecule is O=S(=O)(N(F)C(F)(F)C(O)(F)F)C(F)(F)C(F)(F)C(F)(F)C(F)(F)F. The summed E-state index contributed by atoms with van der Waals surface area (Å²) in [6.45, 7) is 0. The molecule has 0 radical (unpaired) electrons. The zero-order valence-corrected chi connectivity index (χ0v) is 11.2. The molecule has 0 atom stereocenters. The van der Waals surface area contributed by atoms with Gasteiger partial charge in [-0.3, -0.25) is 0 Å². The van der Waals surface area contributed by atoms with E-state index in [4.69, 9.17) is 5.11 Å². The Labute approximate surface area is 126 Å². The summed E-state index contributed by atoms with van der Waals surface area (Å²) < 4.78 is 189. The van der Waals surface area contributed by atoms with Gasteiger partial charge in [0.2, 0.25) is 0 Å². The topological polar surface area (TPSA) is 57.6 Å². The predicted octanol–water partition coefficient (Wildman–Crippen LogP) is 3.11. The number of hydrogen-bond acceptors (Lipinski definition) is 3. The first-order valence-electron chi connectivity index (χ1n) is 4.79. The molecule has 0 fully saturated rings. The van der Waals surface area contributed by atoms with Gasteiger partial charge in [-0.25, -0.2) is 8.42 Å². The molecule has 0 aromatic rings. The average molecular weight is 433 g/mol. The molecular weight excluding hydrogens is 432 g/mol. The van der Waals surface area contributed by atoms with Crippen LogP contribution in [0, 0.1) is 0 Å². The van der Waals surface area contributed by atoms with Gasteiger partial charge in [0.05, 0.1) is 0 Å². The molecule has 0 saturated heterocycles. The maximum Gasteiger partial charge on any atom is 0.460 e. The molecule has 19 heteroatoms. The van der Waals surface area contributed by atoms with Crippen molar-refractivity contribution < 1.29 is 75.1 Å². The van der Waals surface area contributed by atoms with Crippen molar-refractivity contribution in [3.63, 3.8) is 0 Å². The third-order valence-electron chi connectivity index (χ3n) is 2.23. The molecule has 0 aliphatic heterocycles. The summed E-state index contributed by atoms with van der Waals surface area (Å²) in [6, 6.07) is -7.28. The number of rotatable bonds is 6. The number of hydrogen-bond donors (Lipinski definition) is 1. The van der Waals surface area contributed by atoms with Crippen LogP contribution in [0.1, 0.15) is 0 Å². The van der Waals surface area contributed by atoms with Crippen molar-refractivity contribution in [2.75, 3.05) is 0 Å². The maximum atomic E-state index is 12.9. The molecule has 0 aliphatic rings. The van der Waals surface area contributed by atoms with Gasteiger partial charge in [-0.2, -0.15) is 57.1 Å². The zero-order chi connectivity index (χ0) is 21.1. The van der Waals surface area contributed by atoms with Crippen LogP contribution in [0.2, 0.25) is 0 Å². The van der Waals surface area contributed by atoms with E-state index in [2.05, 4.69) is 0 Å². The molecule has 1 N–H and O–H groups in total. The Morgan fingerprint density at radius 1 is 0.680 bits per heavy atom. The van der Waals surface area contributed by atoms with Crippen molar-refractivity contribution in [1.82, 2.24) is 4.53 Å². The van der Waals surface area contributed by atoms with Gasteiger partial charge in [0.15, 0.2) is 0 Å². The Balaban J connectivity index is 6.43. The fourth-order valence-electron chi connectivity index (χ4n) is 0.880. The van der Waals surface area contributed by atoms with Crippen LogP contribution in [-0.2, 0) is 10.0 Å². The van der Waals surface area contributed by atoms with Crippen LogP contribution < -0.4 is 0 Å². The molecule has 0 saturated carbocycles. The van der Waals surface area contributed by atoms with Crippen LogP contribution in [0.15, 0.2) is 0 Å². The van der Waals surface area contributed by atoms with Crippen LogP contribution in [-0.4, -0.2) is 53.5 Å². The Hall–Kier alpha value is -1.11. The van der Waals surface area contributed by atoms with Crippen molar-refractivity contribution in [2.45, 2.75) is 35.4 Å². The lowest BCUT2D eigenvalue weighted by Crippen LogP contribution is -2.67. The molecule has 0 aliphatic carbocycles. The van der Waals surface area contributed by atoms with Crippen molar-refractivity contribution in [1.29, 1.82) is 0 Å². The van der Waals surface area contributed by atoms with E-state index in [9.17, 15) is 70.0 Å². The minimum atomic E-state index is -8.67. The van der Waals surface area contributed by atoms with E-state index < -0.39 is 50.0 Å². The standard InChI is InChI=1S/C6HF14NO3S/c7-1(8,3(11,12)13)2(9,10)6(18,19)25(23,24)21(20)4(14,15)5(16,17)22/h22H. The van der Waals surface area contributed by atoms with Gasteiger partial charge >= 0.3 is 45.5 Å². The number of nitrogens with zero attached hydrogens (tertiary/aromatic N) is 1. The summed E-state index contributed by atoms with van der Waals surface area (Å²) in [7, 11) is -8.67. The highest BCUT2D eigenvalue weighted by molar-refractivity contribution is 7.90. The van der Waals surface area contributed by atoms with E-state index in [1.807, 2.05) is 0 Å². The van der Waals surface area contributed by atoms with E-state index in [0.29, 0.717) is 0 Å². The number of halogens is 14. The fourth-order valence-corrected chi connectivity index (χ4v) is 1.95. The van der Waals surface area contributed by atoms with E-state index in [0.717, 1.165) is 0 Å². The van der Waals surface area contributed by atoms with Gasteiger partial charge in [0, 0.05) is 4.53 Å². The fraction of sp³-hybridized carbons (Fsp3) is 1.00. The lowest BCUT2D eigenvalue weighted by molar-refractivity contribution is -0.392. The molecule has 25 heavy (non-hydrogen) atoms. The van der Waals surface area contributed by atoms with E-state index in [1.54, 1.807) is 0 Å². The first-order valence-corrected chi connectivity index (χ1v) is 6.23. The van der Waals surface area contributed by atoms with Crippen molar-refractivity contribution in [2.24, 2.45) is 0 Å². The molecule has 0 amide bonds. The first kappa shape index (κ1) is 23.9. The molecule has 0 bridgehead atoms. The number of alkyl halides is 13. The van der Waals surface area contributed by atoms with Crippen molar-refractivity contribution >= 4 is 10.0 Å². The molecule has 0 heterocycles. The van der Waals surface area contributed by atoms with Crippen LogP contribution >= 0.6 is 0 Å². The predicted molar refractivity (Wildman–Crippen MR) is 44.9 cm³/mol. The highest BCUT2D eigenvalue weighted by Crippen LogP contribution is 2.56. The van der Waals surface area contributed by atoms with Gasteiger partial charge in [-0.1, -0.05) is 0 Å². The Morgan fingerprint density at radius 2 is 1.00 bits per heavy atom.